The Balaban J connectivity index is 0.00000616. The van der Waals surface area contributed by atoms with Crippen LogP contribution in [0.4, 0.5) is 0 Å². The molecule has 4 amide bonds. The normalized spacial score (nSPS) is 26.5. The van der Waals surface area contributed by atoms with Crippen LogP contribution in [0.2, 0.25) is 0 Å². The minimum Gasteiger partial charge on any atom is -0.393 e. The molecule has 3 N–H and O–H groups in total. The Morgan fingerprint density at radius 2 is 1.79 bits per heavy atom. The number of rotatable bonds is 13. The molecule has 2 aliphatic carbocycles. The largest absolute Gasteiger partial charge is 0.393 e. The fourth-order valence-electron chi connectivity index (χ4n) is 5.00. The van der Waals surface area contributed by atoms with E-state index in [1.165, 1.54) is 4.90 Å². The summed E-state index contributed by atoms with van der Waals surface area (Å²) in [7, 11) is -3.80. The number of amides is 4. The second-order valence-electron chi connectivity index (χ2n) is 12.7. The number of hydrogen-bond acceptors (Lipinski definition) is 8. The quantitative estimate of drug-likeness (QED) is 0.115. The van der Waals surface area contributed by atoms with Gasteiger partial charge in [0.15, 0.2) is 0 Å². The molecule has 1 radical (unpaired) electrons. The van der Waals surface area contributed by atoms with Crippen molar-refractivity contribution in [1.29, 1.82) is 0 Å². The molecule has 0 spiro atoms. The molecule has 1 aliphatic heterocycles. The van der Waals surface area contributed by atoms with Gasteiger partial charge in [-0.3, -0.25) is 23.9 Å². The maximum atomic E-state index is 14.0. The summed E-state index contributed by atoms with van der Waals surface area (Å²) in [5, 5.41) is 8.92. The molecule has 1 unspecified atom stereocenters. The van der Waals surface area contributed by atoms with E-state index in [0.29, 0.717) is 31.4 Å². The van der Waals surface area contributed by atoms with Gasteiger partial charge in [0, 0.05) is 45.6 Å². The van der Waals surface area contributed by atoms with Crippen LogP contribution in [0.25, 0.3) is 0 Å². The van der Waals surface area contributed by atoms with Crippen LogP contribution in [0.3, 0.4) is 0 Å². The number of nitrogens with one attached hydrogen (secondary N) is 3. The summed E-state index contributed by atoms with van der Waals surface area (Å²) >= 11 is 0. The Kier molecular flexibility index (Phi) is 12.5. The fraction of sp³-hybridized carbons (Fsp3) is 0.750. The van der Waals surface area contributed by atoms with Gasteiger partial charge in [0.05, 0.1) is 11.8 Å². The maximum Gasteiger partial charge on any atom is 0.259 e. The summed E-state index contributed by atoms with van der Waals surface area (Å²) in [6, 6.07) is -1.96. The fourth-order valence-corrected chi connectivity index (χ4v) is 6.36. The van der Waals surface area contributed by atoms with Gasteiger partial charge in [-0.2, -0.15) is 6.42 Å². The molecule has 2 saturated carbocycles. The van der Waals surface area contributed by atoms with Gasteiger partial charge in [0.25, 0.3) is 5.91 Å². The van der Waals surface area contributed by atoms with E-state index in [2.05, 4.69) is 34.4 Å². The van der Waals surface area contributed by atoms with E-state index in [1.807, 2.05) is 20.8 Å². The van der Waals surface area contributed by atoms with Crippen LogP contribution in [0.5, 0.6) is 0 Å². The Morgan fingerprint density at radius 1 is 1.17 bits per heavy atom. The number of carbonyl (C=O) groups is 4. The molecule has 1 heterocycles. The van der Waals surface area contributed by atoms with Crippen molar-refractivity contribution < 1.29 is 65.1 Å². The first-order chi connectivity index (χ1) is 19.0. The van der Waals surface area contributed by atoms with E-state index in [9.17, 15) is 27.6 Å². The summed E-state index contributed by atoms with van der Waals surface area (Å²) in [6.45, 7) is 16.4. The smallest absolute Gasteiger partial charge is 0.259 e. The van der Waals surface area contributed by atoms with Crippen molar-refractivity contribution in [1.82, 2.24) is 20.3 Å². The van der Waals surface area contributed by atoms with Crippen molar-refractivity contribution in [2.45, 2.75) is 115 Å². The van der Waals surface area contributed by atoms with Gasteiger partial charge in [0.1, 0.15) is 23.7 Å². The standard InChI is InChI=1S/C28H45N5O7S.Y/c1-8-9-10-11-22(34)29-23(27(5,6)7)25(36)33-16-19(40-31-17(2)3)14-21(33)24(35)30-28(15-18(28)4)26(37)32-41(38,39)20-12-13-20;/h18-21,23H,1-2,8-16H2,3-7H3,(H,29,34)(H,30,35)(H,32,37);/q-2;/b31-17+;/t18-,19-,21+,23-,28?;/m1./s1. The van der Waals surface area contributed by atoms with Gasteiger partial charge in [-0.15, -0.1) is 5.16 Å². The van der Waals surface area contributed by atoms with Crippen molar-refractivity contribution in [3.05, 3.63) is 13.8 Å². The van der Waals surface area contributed by atoms with E-state index in [-0.39, 0.29) is 70.3 Å². The average molecular weight is 685 g/mol. The SMILES string of the molecule is [CH2-]CCCCC(=O)N[C@H](C(=O)N1C[C@H](O/N=C(\[CH2-])C)C[C@H]1C(=O)NC1(C(=O)NS(=O)(=O)C2CC2)C[C@H]1C)C(C)(C)C.[Y]. The van der Waals surface area contributed by atoms with Crippen molar-refractivity contribution in [2.24, 2.45) is 16.5 Å². The molecule has 3 aliphatic rings. The van der Waals surface area contributed by atoms with Gasteiger partial charge < -0.3 is 34.2 Å². The zero-order valence-corrected chi connectivity index (χ0v) is 29.1. The van der Waals surface area contributed by atoms with Crippen molar-refractivity contribution in [3.63, 3.8) is 0 Å². The van der Waals surface area contributed by atoms with Gasteiger partial charge >= 0.3 is 0 Å². The van der Waals surface area contributed by atoms with Gasteiger partial charge in [-0.1, -0.05) is 46.8 Å². The molecular formula is C28H45N5O7SY-2. The molecule has 0 aromatic carbocycles. The number of unbranched alkanes of at least 4 members (excludes halogenated alkanes) is 2. The molecule has 0 aromatic heterocycles. The van der Waals surface area contributed by atoms with Crippen LogP contribution >= 0.6 is 0 Å². The van der Waals surface area contributed by atoms with E-state index >= 15 is 0 Å². The Morgan fingerprint density at radius 3 is 2.29 bits per heavy atom. The van der Waals surface area contributed by atoms with Crippen LogP contribution in [-0.2, 0) is 66.7 Å². The molecule has 3 rings (SSSR count). The molecule has 0 bridgehead atoms. The van der Waals surface area contributed by atoms with Crippen LogP contribution in [0.1, 0.15) is 86.0 Å². The van der Waals surface area contributed by atoms with E-state index in [0.717, 1.165) is 6.42 Å². The summed E-state index contributed by atoms with van der Waals surface area (Å²) in [4.78, 5) is 60.4. The van der Waals surface area contributed by atoms with Gasteiger partial charge in [-0.05, 0) is 37.0 Å². The first-order valence-corrected chi connectivity index (χ1v) is 15.9. The zero-order valence-electron chi connectivity index (χ0n) is 25.4. The zero-order chi connectivity index (χ0) is 30.8. The predicted molar refractivity (Wildman–Crippen MR) is 153 cm³/mol. The Hall–Kier alpha value is -1.73. The molecule has 5 atom stereocenters. The predicted octanol–water partition coefficient (Wildman–Crippen LogP) is 1.61. The third-order valence-corrected chi connectivity index (χ3v) is 9.61. The van der Waals surface area contributed by atoms with E-state index < -0.39 is 62.1 Å². The van der Waals surface area contributed by atoms with Crippen molar-refractivity contribution >= 4 is 39.4 Å². The van der Waals surface area contributed by atoms with Crippen molar-refractivity contribution in [3.8, 4) is 0 Å². The van der Waals surface area contributed by atoms with Crippen LogP contribution < -0.4 is 15.4 Å². The molecule has 235 valence electrons. The van der Waals surface area contributed by atoms with Crippen LogP contribution in [0, 0.1) is 25.2 Å². The summed E-state index contributed by atoms with van der Waals surface area (Å²) in [5.41, 5.74) is -1.65. The summed E-state index contributed by atoms with van der Waals surface area (Å²) in [5.74, 6) is -2.39. The minimum absolute atomic E-state index is 0. The third-order valence-electron chi connectivity index (χ3n) is 7.79. The minimum atomic E-state index is -3.80. The second-order valence-corrected chi connectivity index (χ2v) is 14.7. The van der Waals surface area contributed by atoms with Crippen LogP contribution in [0.15, 0.2) is 5.16 Å². The van der Waals surface area contributed by atoms with Gasteiger partial charge in [0.2, 0.25) is 27.7 Å². The van der Waals surface area contributed by atoms with Crippen molar-refractivity contribution in [2.75, 3.05) is 6.54 Å². The molecule has 3 fully saturated rings. The topological polar surface area (TPSA) is 163 Å². The average Bonchev–Trinajstić information content (AvgIpc) is 3.78. The molecular weight excluding hydrogens is 639 g/mol. The first kappa shape index (κ1) is 36.5. The van der Waals surface area contributed by atoms with E-state index in [1.54, 1.807) is 13.8 Å². The number of carbonyl (C=O) groups excluding carboxylic acids is 4. The molecule has 14 heteroatoms. The Bertz CT molecular complexity index is 1160. The number of hydrogen-bond donors (Lipinski definition) is 3. The number of sulfonamides is 1. The summed E-state index contributed by atoms with van der Waals surface area (Å²) < 4.78 is 27.0. The molecule has 12 nitrogen and oxygen atoms in total. The summed E-state index contributed by atoms with van der Waals surface area (Å²) in [6.07, 6.45) is 3.12. The second kappa shape index (κ2) is 14.4. The van der Waals surface area contributed by atoms with E-state index in [4.69, 9.17) is 4.84 Å². The number of nitrogens with zero attached hydrogens (tertiary/aromatic N) is 2. The monoisotopic (exact) mass is 684 g/mol. The third kappa shape index (κ3) is 9.14. The number of likely N-dealkylation sites (tertiary alicyclic amines) is 1. The molecule has 0 aromatic rings. The Labute approximate surface area is 275 Å². The molecule has 1 saturated heterocycles. The molecule has 42 heavy (non-hydrogen) atoms. The number of oxime groups is 1. The maximum absolute atomic E-state index is 14.0. The van der Waals surface area contributed by atoms with Gasteiger partial charge in [-0.25, -0.2) is 8.42 Å². The van der Waals surface area contributed by atoms with Crippen LogP contribution in [-0.4, -0.2) is 78.2 Å². The first-order valence-electron chi connectivity index (χ1n) is 14.3.